The maximum Gasteiger partial charge on any atom is 0.164 e. The van der Waals surface area contributed by atoms with Gasteiger partial charge in [-0.05, 0) is 18.6 Å². The second-order valence-electron chi connectivity index (χ2n) is 7.49. The minimum Gasteiger partial charge on any atom is -0.497 e. The van der Waals surface area contributed by atoms with E-state index in [1.807, 2.05) is 25.4 Å². The largest absolute Gasteiger partial charge is 0.497 e. The van der Waals surface area contributed by atoms with Crippen molar-refractivity contribution < 1.29 is 4.74 Å². The Morgan fingerprint density at radius 3 is 2.69 bits per heavy atom. The zero-order chi connectivity index (χ0) is 20.0. The minimum absolute atomic E-state index is 0.315. The first kappa shape index (κ1) is 17.5. The molecule has 0 N–H and O–H groups in total. The molecule has 0 saturated carbocycles. The standard InChI is InChI=1S/C21H21N7O/c1-26-11-15(10-24-26)20-23-9-14(8-22)21(25-20)28-13-17-6-18(28)12-27(17)16-4-3-5-19(7-16)29-2/h3-5,7,9-11,17-18H,6,12-13H2,1-2H3/t17-,18-/m0/s1. The van der Waals surface area contributed by atoms with Gasteiger partial charge in [0.25, 0.3) is 0 Å². The summed E-state index contributed by atoms with van der Waals surface area (Å²) in [5.41, 5.74) is 2.54. The van der Waals surface area contributed by atoms with Crippen LogP contribution in [0.15, 0.2) is 42.9 Å². The quantitative estimate of drug-likeness (QED) is 0.679. The lowest BCUT2D eigenvalue weighted by Crippen LogP contribution is -2.47. The summed E-state index contributed by atoms with van der Waals surface area (Å²) < 4.78 is 7.10. The number of nitriles is 1. The van der Waals surface area contributed by atoms with E-state index >= 15 is 0 Å². The van der Waals surface area contributed by atoms with Crippen LogP contribution in [0.4, 0.5) is 11.5 Å². The molecule has 0 spiro atoms. The molecular formula is C21H21N7O. The van der Waals surface area contributed by atoms with Crippen molar-refractivity contribution in [1.29, 1.82) is 5.26 Å². The maximum absolute atomic E-state index is 9.60. The highest BCUT2D eigenvalue weighted by Gasteiger charge is 2.44. The predicted octanol–water partition coefficient (Wildman–Crippen LogP) is 2.22. The minimum atomic E-state index is 0.315. The topological polar surface area (TPSA) is 83.1 Å². The third-order valence-corrected chi connectivity index (χ3v) is 5.75. The van der Waals surface area contributed by atoms with Crippen LogP contribution < -0.4 is 14.5 Å². The molecule has 8 nitrogen and oxygen atoms in total. The molecule has 0 amide bonds. The molecule has 2 aliphatic heterocycles. The summed E-state index contributed by atoms with van der Waals surface area (Å²) in [5, 5.41) is 13.8. The highest BCUT2D eigenvalue weighted by molar-refractivity contribution is 5.64. The van der Waals surface area contributed by atoms with Crippen molar-refractivity contribution in [2.24, 2.45) is 7.05 Å². The summed E-state index contributed by atoms with van der Waals surface area (Å²) in [4.78, 5) is 13.8. The van der Waals surface area contributed by atoms with E-state index < -0.39 is 0 Å². The Morgan fingerprint density at radius 1 is 1.17 bits per heavy atom. The fourth-order valence-corrected chi connectivity index (χ4v) is 4.38. The first-order valence-corrected chi connectivity index (χ1v) is 9.60. The smallest absolute Gasteiger partial charge is 0.164 e. The van der Waals surface area contributed by atoms with Crippen molar-refractivity contribution in [3.8, 4) is 23.2 Å². The molecule has 2 saturated heterocycles. The molecule has 0 radical (unpaired) electrons. The normalized spacial score (nSPS) is 20.2. The van der Waals surface area contributed by atoms with E-state index in [2.05, 4.69) is 38.1 Å². The van der Waals surface area contributed by atoms with E-state index in [-0.39, 0.29) is 0 Å². The molecule has 0 aliphatic carbocycles. The Balaban J connectivity index is 1.43. The van der Waals surface area contributed by atoms with Crippen LogP contribution >= 0.6 is 0 Å². The Hall–Kier alpha value is -3.60. The Bertz CT molecular complexity index is 1100. The van der Waals surface area contributed by atoms with Crippen LogP contribution in [0, 0.1) is 11.3 Å². The molecule has 2 aromatic heterocycles. The van der Waals surface area contributed by atoms with Gasteiger partial charge >= 0.3 is 0 Å². The molecule has 29 heavy (non-hydrogen) atoms. The number of hydrogen-bond donors (Lipinski definition) is 0. The summed E-state index contributed by atoms with van der Waals surface area (Å²) >= 11 is 0. The molecule has 2 bridgehead atoms. The first-order valence-electron chi connectivity index (χ1n) is 9.60. The van der Waals surface area contributed by atoms with Gasteiger partial charge in [-0.25, -0.2) is 9.97 Å². The number of methoxy groups -OCH3 is 1. The van der Waals surface area contributed by atoms with E-state index in [4.69, 9.17) is 9.72 Å². The van der Waals surface area contributed by atoms with Gasteiger partial charge in [-0.1, -0.05) is 6.07 Å². The van der Waals surface area contributed by atoms with Crippen molar-refractivity contribution >= 4 is 11.5 Å². The van der Waals surface area contributed by atoms with Gasteiger partial charge in [-0.15, -0.1) is 0 Å². The number of nitrogens with zero attached hydrogens (tertiary/aromatic N) is 7. The van der Waals surface area contributed by atoms with Gasteiger partial charge in [0.2, 0.25) is 0 Å². The molecule has 2 atom stereocenters. The number of hydrogen-bond acceptors (Lipinski definition) is 7. The van der Waals surface area contributed by atoms with Gasteiger partial charge < -0.3 is 14.5 Å². The number of aryl methyl sites for hydroxylation is 1. The Kier molecular flexibility index (Phi) is 4.09. The third-order valence-electron chi connectivity index (χ3n) is 5.75. The monoisotopic (exact) mass is 387 g/mol. The number of aromatic nitrogens is 4. The molecule has 2 fully saturated rings. The van der Waals surface area contributed by atoms with E-state index in [9.17, 15) is 5.26 Å². The summed E-state index contributed by atoms with van der Waals surface area (Å²) in [6.07, 6.45) is 6.29. The number of ether oxygens (including phenoxy) is 1. The summed E-state index contributed by atoms with van der Waals surface area (Å²) in [5.74, 6) is 2.18. The molecule has 1 aromatic carbocycles. The van der Waals surface area contributed by atoms with Crippen LogP contribution in [0.2, 0.25) is 0 Å². The van der Waals surface area contributed by atoms with Crippen molar-refractivity contribution in [2.75, 3.05) is 30.0 Å². The molecule has 4 heterocycles. The molecule has 146 valence electrons. The summed E-state index contributed by atoms with van der Waals surface area (Å²) in [7, 11) is 3.55. The van der Waals surface area contributed by atoms with E-state index in [1.165, 1.54) is 5.69 Å². The Morgan fingerprint density at radius 2 is 2.00 bits per heavy atom. The van der Waals surface area contributed by atoms with Crippen LogP contribution in [0.3, 0.4) is 0 Å². The predicted molar refractivity (Wildman–Crippen MR) is 109 cm³/mol. The summed E-state index contributed by atoms with van der Waals surface area (Å²) in [6.45, 7) is 1.73. The molecule has 5 rings (SSSR count). The van der Waals surface area contributed by atoms with Crippen LogP contribution in [0.1, 0.15) is 12.0 Å². The van der Waals surface area contributed by atoms with Crippen LogP contribution in [-0.2, 0) is 7.05 Å². The highest BCUT2D eigenvalue weighted by atomic mass is 16.5. The lowest BCUT2D eigenvalue weighted by atomic mass is 10.2. The van der Waals surface area contributed by atoms with Gasteiger partial charge in [0.1, 0.15) is 17.4 Å². The van der Waals surface area contributed by atoms with E-state index in [0.29, 0.717) is 23.5 Å². The van der Waals surface area contributed by atoms with Gasteiger partial charge in [-0.2, -0.15) is 10.4 Å². The second-order valence-corrected chi connectivity index (χ2v) is 7.49. The zero-order valence-electron chi connectivity index (χ0n) is 16.4. The number of piperazine rings is 1. The average Bonchev–Trinajstić information content (AvgIpc) is 3.49. The molecule has 0 unspecified atom stereocenters. The second kappa shape index (κ2) is 6.78. The van der Waals surface area contributed by atoms with E-state index in [1.54, 1.807) is 24.2 Å². The van der Waals surface area contributed by atoms with Gasteiger partial charge in [0.15, 0.2) is 11.6 Å². The van der Waals surface area contributed by atoms with Crippen LogP contribution in [0.25, 0.3) is 11.4 Å². The fourth-order valence-electron chi connectivity index (χ4n) is 4.38. The van der Waals surface area contributed by atoms with Gasteiger partial charge in [-0.3, -0.25) is 4.68 Å². The molecule has 3 aromatic rings. The molecule has 2 aliphatic rings. The lowest BCUT2D eigenvalue weighted by Gasteiger charge is -2.36. The Labute approximate surface area is 169 Å². The van der Waals surface area contributed by atoms with Crippen LogP contribution in [0.5, 0.6) is 5.75 Å². The number of rotatable bonds is 4. The lowest BCUT2D eigenvalue weighted by molar-refractivity contribution is 0.414. The molecule has 8 heteroatoms. The highest BCUT2D eigenvalue weighted by Crippen LogP contribution is 2.38. The van der Waals surface area contributed by atoms with Crippen molar-refractivity contribution in [2.45, 2.75) is 18.5 Å². The fraction of sp³-hybridized carbons (Fsp3) is 0.333. The van der Waals surface area contributed by atoms with Gasteiger partial charge in [0, 0.05) is 44.1 Å². The maximum atomic E-state index is 9.60. The SMILES string of the molecule is COc1cccc(N2C[C@@H]3C[C@H]2CN3c2nc(-c3cnn(C)c3)ncc2C#N)c1. The first-order chi connectivity index (χ1) is 14.2. The summed E-state index contributed by atoms with van der Waals surface area (Å²) in [6, 6.07) is 11.1. The third kappa shape index (κ3) is 2.95. The number of benzene rings is 1. The van der Waals surface area contributed by atoms with Crippen molar-refractivity contribution in [1.82, 2.24) is 19.7 Å². The van der Waals surface area contributed by atoms with E-state index in [0.717, 1.165) is 36.6 Å². The van der Waals surface area contributed by atoms with Crippen molar-refractivity contribution in [3.05, 3.63) is 48.4 Å². The van der Waals surface area contributed by atoms with Gasteiger partial charge in [0.05, 0.1) is 31.1 Å². The average molecular weight is 387 g/mol. The number of fused-ring (bicyclic) bond motifs is 2. The molecular weight excluding hydrogens is 366 g/mol. The van der Waals surface area contributed by atoms with Crippen LogP contribution in [-0.4, -0.2) is 52.0 Å². The van der Waals surface area contributed by atoms with Crippen molar-refractivity contribution in [3.63, 3.8) is 0 Å². The zero-order valence-corrected chi connectivity index (χ0v) is 16.4. The number of anilines is 2.